The standard InChI is InChI=1S/C21H20N2O4S/c24-18(16-6-5-14-3-1-2-4-15(14)11-16)7-8-20(25)26-12-19-22-21(27-23-19)17-9-10-28-13-17/h5-6,9-11,13H,1-4,7-8,12H2. The van der Waals surface area contributed by atoms with Crippen LogP contribution in [-0.4, -0.2) is 21.9 Å². The molecule has 0 fully saturated rings. The van der Waals surface area contributed by atoms with Crippen molar-refractivity contribution in [1.29, 1.82) is 0 Å². The zero-order valence-electron chi connectivity index (χ0n) is 15.3. The maximum atomic E-state index is 12.4. The first kappa shape index (κ1) is 18.6. The normalized spacial score (nSPS) is 13.1. The van der Waals surface area contributed by atoms with Gasteiger partial charge in [-0.2, -0.15) is 16.3 Å². The van der Waals surface area contributed by atoms with Crippen LogP contribution in [0.1, 0.15) is 53.0 Å². The van der Waals surface area contributed by atoms with E-state index >= 15 is 0 Å². The van der Waals surface area contributed by atoms with Gasteiger partial charge < -0.3 is 9.26 Å². The van der Waals surface area contributed by atoms with Crippen molar-refractivity contribution in [3.8, 4) is 11.5 Å². The number of rotatable bonds is 7. The number of ketones is 1. The molecule has 0 bridgehead atoms. The van der Waals surface area contributed by atoms with E-state index in [0.717, 1.165) is 18.4 Å². The molecular formula is C21H20N2O4S. The van der Waals surface area contributed by atoms with Crippen molar-refractivity contribution in [1.82, 2.24) is 10.1 Å². The summed E-state index contributed by atoms with van der Waals surface area (Å²) < 4.78 is 10.3. The van der Waals surface area contributed by atoms with E-state index in [1.165, 1.54) is 35.3 Å². The molecule has 1 aromatic carbocycles. The van der Waals surface area contributed by atoms with Crippen LogP contribution in [0.4, 0.5) is 0 Å². The highest BCUT2D eigenvalue weighted by Crippen LogP contribution is 2.23. The molecule has 28 heavy (non-hydrogen) atoms. The molecule has 7 heteroatoms. The number of carbonyl (C=O) groups excluding carboxylic acids is 2. The Kier molecular flexibility index (Phi) is 5.62. The Morgan fingerprint density at radius 1 is 1.11 bits per heavy atom. The largest absolute Gasteiger partial charge is 0.457 e. The van der Waals surface area contributed by atoms with Crippen LogP contribution in [0.3, 0.4) is 0 Å². The first-order valence-corrected chi connectivity index (χ1v) is 10.3. The van der Waals surface area contributed by atoms with E-state index in [-0.39, 0.29) is 25.2 Å². The van der Waals surface area contributed by atoms with Gasteiger partial charge in [-0.25, -0.2) is 0 Å². The molecule has 3 aromatic rings. The van der Waals surface area contributed by atoms with E-state index in [4.69, 9.17) is 9.26 Å². The van der Waals surface area contributed by atoms with Gasteiger partial charge in [0.25, 0.3) is 5.89 Å². The number of hydrogen-bond acceptors (Lipinski definition) is 7. The van der Waals surface area contributed by atoms with Gasteiger partial charge in [-0.05, 0) is 54.3 Å². The van der Waals surface area contributed by atoms with Crippen LogP contribution in [0.25, 0.3) is 11.5 Å². The highest BCUT2D eigenvalue weighted by atomic mass is 32.1. The average Bonchev–Trinajstić information content (AvgIpc) is 3.41. The van der Waals surface area contributed by atoms with Crippen LogP contribution < -0.4 is 0 Å². The minimum atomic E-state index is -0.451. The quantitative estimate of drug-likeness (QED) is 0.435. The van der Waals surface area contributed by atoms with Crippen molar-refractivity contribution in [2.75, 3.05) is 0 Å². The lowest BCUT2D eigenvalue weighted by atomic mass is 9.89. The van der Waals surface area contributed by atoms with Crippen LogP contribution in [0.15, 0.2) is 39.5 Å². The third-order valence-electron chi connectivity index (χ3n) is 4.83. The van der Waals surface area contributed by atoms with Gasteiger partial charge in [-0.1, -0.05) is 17.3 Å². The molecule has 0 N–H and O–H groups in total. The van der Waals surface area contributed by atoms with Gasteiger partial charge >= 0.3 is 5.97 Å². The topological polar surface area (TPSA) is 82.3 Å². The van der Waals surface area contributed by atoms with Crippen molar-refractivity contribution in [2.24, 2.45) is 0 Å². The number of Topliss-reactive ketones (excluding diaryl/α,β-unsaturated/α-hetero) is 1. The Hall–Kier alpha value is -2.80. The lowest BCUT2D eigenvalue weighted by Crippen LogP contribution is -2.10. The molecular weight excluding hydrogens is 376 g/mol. The van der Waals surface area contributed by atoms with Crippen LogP contribution in [0.5, 0.6) is 0 Å². The van der Waals surface area contributed by atoms with Crippen molar-refractivity contribution in [2.45, 2.75) is 45.1 Å². The number of benzene rings is 1. The van der Waals surface area contributed by atoms with Crippen LogP contribution >= 0.6 is 11.3 Å². The van der Waals surface area contributed by atoms with E-state index in [1.807, 2.05) is 35.0 Å². The Balaban J connectivity index is 1.26. The van der Waals surface area contributed by atoms with E-state index < -0.39 is 5.97 Å². The predicted molar refractivity (Wildman–Crippen MR) is 104 cm³/mol. The summed E-state index contributed by atoms with van der Waals surface area (Å²) in [5.74, 6) is 0.211. The molecule has 2 heterocycles. The smallest absolute Gasteiger partial charge is 0.306 e. The van der Waals surface area contributed by atoms with Crippen LogP contribution in [0.2, 0.25) is 0 Å². The number of ether oxygens (including phenoxy) is 1. The molecule has 4 rings (SSSR count). The summed E-state index contributed by atoms with van der Waals surface area (Å²) in [6, 6.07) is 7.76. The molecule has 0 saturated carbocycles. The molecule has 0 spiro atoms. The molecule has 1 aliphatic carbocycles. The Morgan fingerprint density at radius 3 is 2.79 bits per heavy atom. The van der Waals surface area contributed by atoms with Gasteiger partial charge in [0.05, 0.1) is 12.0 Å². The van der Waals surface area contributed by atoms with E-state index in [1.54, 1.807) is 0 Å². The fourth-order valence-electron chi connectivity index (χ4n) is 3.30. The van der Waals surface area contributed by atoms with Crippen LogP contribution in [0, 0.1) is 0 Å². The van der Waals surface area contributed by atoms with E-state index in [0.29, 0.717) is 17.3 Å². The summed E-state index contributed by atoms with van der Waals surface area (Å²) in [6.45, 7) is -0.0699. The second kappa shape index (κ2) is 8.48. The number of fused-ring (bicyclic) bond motifs is 1. The lowest BCUT2D eigenvalue weighted by Gasteiger charge is -2.16. The first-order valence-electron chi connectivity index (χ1n) is 9.35. The number of esters is 1. The molecule has 144 valence electrons. The third-order valence-corrected chi connectivity index (χ3v) is 5.51. The minimum absolute atomic E-state index is 0.0329. The van der Waals surface area contributed by atoms with Gasteiger partial charge in [-0.3, -0.25) is 9.59 Å². The number of aromatic nitrogens is 2. The fourth-order valence-corrected chi connectivity index (χ4v) is 3.93. The summed E-state index contributed by atoms with van der Waals surface area (Å²) >= 11 is 1.53. The lowest BCUT2D eigenvalue weighted by molar-refractivity contribution is -0.145. The first-order chi connectivity index (χ1) is 13.7. The summed E-state index contributed by atoms with van der Waals surface area (Å²) in [4.78, 5) is 28.6. The third kappa shape index (κ3) is 4.36. The van der Waals surface area contributed by atoms with Gasteiger partial charge in [0.1, 0.15) is 0 Å². The number of aryl methyl sites for hydroxylation is 2. The van der Waals surface area contributed by atoms with Gasteiger partial charge in [-0.15, -0.1) is 0 Å². The maximum absolute atomic E-state index is 12.4. The van der Waals surface area contributed by atoms with Gasteiger partial charge in [0.15, 0.2) is 12.4 Å². The van der Waals surface area contributed by atoms with E-state index in [9.17, 15) is 9.59 Å². The Labute approximate surface area is 166 Å². The summed E-state index contributed by atoms with van der Waals surface area (Å²) in [5, 5.41) is 7.62. The van der Waals surface area contributed by atoms with Crippen molar-refractivity contribution in [3.05, 3.63) is 57.5 Å². The SMILES string of the molecule is O=C(CCC(=O)c1ccc2c(c1)CCCC2)OCc1noc(-c2ccsc2)n1. The molecule has 6 nitrogen and oxygen atoms in total. The highest BCUT2D eigenvalue weighted by Gasteiger charge is 2.15. The molecule has 0 radical (unpaired) electrons. The molecule has 0 unspecified atom stereocenters. The second-order valence-corrected chi connectivity index (χ2v) is 7.58. The van der Waals surface area contributed by atoms with Crippen LogP contribution in [-0.2, 0) is 29.0 Å². The number of nitrogens with zero attached hydrogens (tertiary/aromatic N) is 2. The Bertz CT molecular complexity index is 978. The van der Waals surface area contributed by atoms with E-state index in [2.05, 4.69) is 10.1 Å². The number of carbonyl (C=O) groups is 2. The molecule has 1 aliphatic rings. The number of hydrogen-bond donors (Lipinski definition) is 0. The minimum Gasteiger partial charge on any atom is -0.457 e. The molecule has 0 aliphatic heterocycles. The molecule has 0 atom stereocenters. The second-order valence-electron chi connectivity index (χ2n) is 6.80. The summed E-state index contributed by atoms with van der Waals surface area (Å²) in [7, 11) is 0. The van der Waals surface area contributed by atoms with Crippen molar-refractivity contribution >= 4 is 23.1 Å². The van der Waals surface area contributed by atoms with Gasteiger partial charge in [0, 0.05) is 17.4 Å². The molecule has 2 aromatic heterocycles. The monoisotopic (exact) mass is 396 g/mol. The zero-order chi connectivity index (χ0) is 19.3. The Morgan fingerprint density at radius 2 is 1.96 bits per heavy atom. The molecule has 0 saturated heterocycles. The predicted octanol–water partition coefficient (Wildman–Crippen LogP) is 4.38. The fraction of sp³-hybridized carbons (Fsp3) is 0.333. The average molecular weight is 396 g/mol. The van der Waals surface area contributed by atoms with Crippen molar-refractivity contribution < 1.29 is 18.8 Å². The highest BCUT2D eigenvalue weighted by molar-refractivity contribution is 7.08. The maximum Gasteiger partial charge on any atom is 0.306 e. The summed E-state index contributed by atoms with van der Waals surface area (Å²) in [5.41, 5.74) is 4.11. The summed E-state index contributed by atoms with van der Waals surface area (Å²) in [6.07, 6.45) is 4.65. The zero-order valence-corrected chi connectivity index (χ0v) is 16.2. The van der Waals surface area contributed by atoms with Crippen molar-refractivity contribution in [3.63, 3.8) is 0 Å². The molecule has 0 amide bonds. The van der Waals surface area contributed by atoms with Gasteiger partial charge in [0.2, 0.25) is 5.82 Å². The number of thiophene rings is 1.